The molecule has 1 aromatic rings. The molecule has 0 spiro atoms. The van der Waals surface area contributed by atoms with Crippen LogP contribution in [0.15, 0.2) is 24.3 Å². The molecule has 0 aromatic heterocycles. The van der Waals surface area contributed by atoms with Gasteiger partial charge in [0.1, 0.15) is 5.82 Å². The molecule has 0 unspecified atom stereocenters. The second kappa shape index (κ2) is 10.6. The van der Waals surface area contributed by atoms with E-state index in [1.807, 2.05) is 11.8 Å². The summed E-state index contributed by atoms with van der Waals surface area (Å²) >= 11 is 0. The highest BCUT2D eigenvalue weighted by Crippen LogP contribution is 2.23. The molecule has 0 radical (unpaired) electrons. The van der Waals surface area contributed by atoms with E-state index in [0.29, 0.717) is 45.6 Å². The van der Waals surface area contributed by atoms with Gasteiger partial charge in [-0.25, -0.2) is 9.18 Å². The van der Waals surface area contributed by atoms with Crippen LogP contribution < -0.4 is 10.2 Å². The molecule has 2 heterocycles. The summed E-state index contributed by atoms with van der Waals surface area (Å²) in [6.45, 7) is 7.04. The van der Waals surface area contributed by atoms with E-state index in [0.717, 1.165) is 5.69 Å². The molecule has 3 atom stereocenters. The lowest BCUT2D eigenvalue weighted by atomic mass is 10.0. The van der Waals surface area contributed by atoms with E-state index in [4.69, 9.17) is 9.47 Å². The van der Waals surface area contributed by atoms with E-state index < -0.39 is 18.2 Å². The van der Waals surface area contributed by atoms with Gasteiger partial charge in [-0.05, 0) is 43.5 Å². The van der Waals surface area contributed by atoms with Crippen LogP contribution >= 0.6 is 0 Å². The molecule has 31 heavy (non-hydrogen) atoms. The number of epoxide rings is 1. The van der Waals surface area contributed by atoms with Crippen molar-refractivity contribution in [3.63, 3.8) is 0 Å². The quantitative estimate of drug-likeness (QED) is 0.465. The van der Waals surface area contributed by atoms with Crippen molar-refractivity contribution in [1.29, 1.82) is 0 Å². The number of amides is 2. The third kappa shape index (κ3) is 6.40. The maximum Gasteiger partial charge on any atom is 0.338 e. The van der Waals surface area contributed by atoms with Crippen LogP contribution in [0.1, 0.15) is 26.7 Å². The molecule has 2 fully saturated rings. The zero-order chi connectivity index (χ0) is 22.4. The summed E-state index contributed by atoms with van der Waals surface area (Å²) < 4.78 is 23.0. The minimum absolute atomic E-state index is 0.102. The maximum absolute atomic E-state index is 13.1. The van der Waals surface area contributed by atoms with E-state index in [-0.39, 0.29) is 30.2 Å². The van der Waals surface area contributed by atoms with Crippen LogP contribution in [0.5, 0.6) is 0 Å². The summed E-state index contributed by atoms with van der Waals surface area (Å²) in [5, 5.41) is 2.75. The zero-order valence-corrected chi connectivity index (χ0v) is 18.0. The summed E-state index contributed by atoms with van der Waals surface area (Å²) in [7, 11) is 0. The van der Waals surface area contributed by atoms with Crippen molar-refractivity contribution in [3.8, 4) is 0 Å². The molecular formula is C22H30FN3O5. The average molecular weight is 435 g/mol. The Bertz CT molecular complexity index is 780. The Morgan fingerprint density at radius 1 is 1.16 bits per heavy atom. The number of carbonyl (C=O) groups excluding carboxylic acids is 3. The predicted molar refractivity (Wildman–Crippen MR) is 112 cm³/mol. The highest BCUT2D eigenvalue weighted by molar-refractivity contribution is 5.92. The van der Waals surface area contributed by atoms with Crippen molar-refractivity contribution in [2.75, 3.05) is 44.2 Å². The van der Waals surface area contributed by atoms with Crippen LogP contribution in [0.3, 0.4) is 0 Å². The lowest BCUT2D eigenvalue weighted by Crippen LogP contribution is -2.49. The van der Waals surface area contributed by atoms with Crippen LogP contribution in [0.4, 0.5) is 10.1 Å². The molecule has 2 aliphatic heterocycles. The Labute approximate surface area is 181 Å². The molecule has 2 saturated heterocycles. The average Bonchev–Trinajstić information content (AvgIpc) is 3.56. The van der Waals surface area contributed by atoms with Crippen molar-refractivity contribution in [2.45, 2.75) is 38.9 Å². The van der Waals surface area contributed by atoms with Gasteiger partial charge in [0.25, 0.3) is 5.91 Å². The number of carbonyl (C=O) groups is 3. The zero-order valence-electron chi connectivity index (χ0n) is 18.0. The summed E-state index contributed by atoms with van der Waals surface area (Å²) in [4.78, 5) is 40.1. The van der Waals surface area contributed by atoms with Crippen molar-refractivity contribution in [2.24, 2.45) is 5.92 Å². The van der Waals surface area contributed by atoms with Crippen LogP contribution in [-0.4, -0.2) is 74.2 Å². The van der Waals surface area contributed by atoms with Gasteiger partial charge in [-0.1, -0.05) is 6.92 Å². The van der Waals surface area contributed by atoms with Crippen LogP contribution in [0.2, 0.25) is 0 Å². The predicted octanol–water partition coefficient (Wildman–Crippen LogP) is 1.34. The molecular weight excluding hydrogens is 405 g/mol. The first kappa shape index (κ1) is 23.0. The van der Waals surface area contributed by atoms with E-state index >= 15 is 0 Å². The molecule has 0 aliphatic carbocycles. The fourth-order valence-electron chi connectivity index (χ4n) is 3.65. The summed E-state index contributed by atoms with van der Waals surface area (Å²) in [5.74, 6) is -0.879. The standard InChI is InChI=1S/C22H30FN3O5/c1-3-30-22(29)20-19(31-20)21(28)24-9-8-15(2)14-18(27)26-12-10-25(11-13-26)17-6-4-16(23)5-7-17/h4-7,15,19-20H,3,8-14H2,1-2H3,(H,24,28)/t15-,19-,20-/m0/s1. The number of nitrogens with one attached hydrogen (secondary N) is 1. The number of anilines is 1. The molecule has 2 aliphatic rings. The fraction of sp³-hybridized carbons (Fsp3) is 0.591. The first-order valence-corrected chi connectivity index (χ1v) is 10.8. The van der Waals surface area contributed by atoms with Crippen LogP contribution in [0.25, 0.3) is 0 Å². The van der Waals surface area contributed by atoms with Crippen molar-refractivity contribution in [3.05, 3.63) is 30.1 Å². The summed E-state index contributed by atoms with van der Waals surface area (Å²) in [6.07, 6.45) is -0.498. The summed E-state index contributed by atoms with van der Waals surface area (Å²) in [5.41, 5.74) is 0.961. The number of nitrogens with zero attached hydrogens (tertiary/aromatic N) is 2. The molecule has 2 amide bonds. The Morgan fingerprint density at radius 3 is 2.48 bits per heavy atom. The van der Waals surface area contributed by atoms with E-state index in [2.05, 4.69) is 10.2 Å². The topological polar surface area (TPSA) is 91.5 Å². The normalized spacial score (nSPS) is 21.4. The minimum Gasteiger partial charge on any atom is -0.464 e. The van der Waals surface area contributed by atoms with Gasteiger partial charge in [0.2, 0.25) is 5.91 Å². The van der Waals surface area contributed by atoms with E-state index in [9.17, 15) is 18.8 Å². The Kier molecular flexibility index (Phi) is 7.84. The monoisotopic (exact) mass is 435 g/mol. The first-order valence-electron chi connectivity index (χ1n) is 10.8. The van der Waals surface area contributed by atoms with Gasteiger partial charge in [0.05, 0.1) is 6.61 Å². The number of ether oxygens (including phenoxy) is 2. The van der Waals surface area contributed by atoms with Crippen LogP contribution in [-0.2, 0) is 23.9 Å². The Balaban J connectivity index is 1.31. The van der Waals surface area contributed by atoms with Crippen LogP contribution in [0, 0.1) is 11.7 Å². The largest absolute Gasteiger partial charge is 0.464 e. The number of halogens is 1. The van der Waals surface area contributed by atoms with E-state index in [1.165, 1.54) is 12.1 Å². The minimum atomic E-state index is -0.799. The molecule has 170 valence electrons. The van der Waals surface area contributed by atoms with Gasteiger partial charge in [0.15, 0.2) is 12.2 Å². The smallest absolute Gasteiger partial charge is 0.338 e. The number of esters is 1. The molecule has 8 nitrogen and oxygen atoms in total. The SMILES string of the molecule is CCOC(=O)[C@H]1O[C@@H]1C(=O)NCC[C@H](C)CC(=O)N1CCN(c2ccc(F)cc2)CC1. The van der Waals surface area contributed by atoms with Gasteiger partial charge in [-0.2, -0.15) is 0 Å². The van der Waals surface area contributed by atoms with Crippen molar-refractivity contribution < 1.29 is 28.2 Å². The number of rotatable bonds is 9. The third-order valence-electron chi connectivity index (χ3n) is 5.55. The molecule has 0 saturated carbocycles. The first-order chi connectivity index (χ1) is 14.9. The van der Waals surface area contributed by atoms with Crippen molar-refractivity contribution in [1.82, 2.24) is 10.2 Å². The van der Waals surface area contributed by atoms with Gasteiger partial charge in [-0.15, -0.1) is 0 Å². The van der Waals surface area contributed by atoms with Gasteiger partial charge < -0.3 is 24.6 Å². The van der Waals surface area contributed by atoms with Gasteiger partial charge in [-0.3, -0.25) is 9.59 Å². The third-order valence-corrected chi connectivity index (χ3v) is 5.55. The second-order valence-corrected chi connectivity index (χ2v) is 7.96. The highest BCUT2D eigenvalue weighted by atomic mass is 19.1. The molecule has 1 aromatic carbocycles. The highest BCUT2D eigenvalue weighted by Gasteiger charge is 2.51. The number of hydrogen-bond donors (Lipinski definition) is 1. The number of hydrogen-bond acceptors (Lipinski definition) is 6. The molecule has 9 heteroatoms. The number of benzene rings is 1. The lowest BCUT2D eigenvalue weighted by molar-refractivity contribution is -0.144. The van der Waals surface area contributed by atoms with Crippen molar-refractivity contribution >= 4 is 23.5 Å². The summed E-state index contributed by atoms with van der Waals surface area (Å²) in [6, 6.07) is 6.40. The molecule has 1 N–H and O–H groups in total. The van der Waals surface area contributed by atoms with Gasteiger partial charge in [0, 0.05) is 44.8 Å². The Morgan fingerprint density at radius 2 is 1.84 bits per heavy atom. The van der Waals surface area contributed by atoms with E-state index in [1.54, 1.807) is 19.1 Å². The molecule has 3 rings (SSSR count). The maximum atomic E-state index is 13.1. The Hall–Kier alpha value is -2.68. The number of piperazine rings is 1. The fourth-order valence-corrected chi connectivity index (χ4v) is 3.65. The lowest BCUT2D eigenvalue weighted by Gasteiger charge is -2.36. The van der Waals surface area contributed by atoms with Gasteiger partial charge >= 0.3 is 5.97 Å². The molecule has 0 bridgehead atoms. The second-order valence-electron chi connectivity index (χ2n) is 7.96.